The molecule has 1 aliphatic rings. The average Bonchev–Trinajstić information content (AvgIpc) is 2.84. The first kappa shape index (κ1) is 15.1. The maximum absolute atomic E-state index is 11.6. The van der Waals surface area contributed by atoms with Crippen molar-refractivity contribution in [3.63, 3.8) is 0 Å². The van der Waals surface area contributed by atoms with Gasteiger partial charge >= 0.3 is 0 Å². The predicted molar refractivity (Wildman–Crippen MR) is 75.9 cm³/mol. The second-order valence-corrected chi connectivity index (χ2v) is 5.70. The van der Waals surface area contributed by atoms with Gasteiger partial charge in [0, 0.05) is 12.6 Å². The third-order valence-electron chi connectivity index (χ3n) is 3.99. The number of nitrogens with zero attached hydrogens (tertiary/aromatic N) is 1. The highest BCUT2D eigenvalue weighted by Gasteiger charge is 2.30. The first-order valence-corrected chi connectivity index (χ1v) is 7.09. The van der Waals surface area contributed by atoms with Gasteiger partial charge in [-0.15, -0.1) is 0 Å². The number of ether oxygens (including phenoxy) is 1. The summed E-state index contributed by atoms with van der Waals surface area (Å²) >= 11 is 0. The molecule has 112 valence electrons. The summed E-state index contributed by atoms with van der Waals surface area (Å²) < 4.78 is 10.2. The van der Waals surface area contributed by atoms with Gasteiger partial charge in [-0.3, -0.25) is 9.69 Å². The largest absolute Gasteiger partial charge is 0.490 e. The quantitative estimate of drug-likeness (QED) is 0.861. The van der Waals surface area contributed by atoms with Gasteiger partial charge in [-0.05, 0) is 26.3 Å². The van der Waals surface area contributed by atoms with Crippen molar-refractivity contribution in [3.05, 3.63) is 28.3 Å². The molecule has 1 fully saturated rings. The molecular formula is C15H23NO4. The van der Waals surface area contributed by atoms with E-state index in [9.17, 15) is 9.90 Å². The lowest BCUT2D eigenvalue weighted by Crippen LogP contribution is -2.31. The van der Waals surface area contributed by atoms with Gasteiger partial charge in [0.1, 0.15) is 12.0 Å². The van der Waals surface area contributed by atoms with Crippen LogP contribution in [0.5, 0.6) is 5.75 Å². The topological polar surface area (TPSA) is 62.9 Å². The van der Waals surface area contributed by atoms with Gasteiger partial charge in [-0.1, -0.05) is 12.8 Å². The van der Waals surface area contributed by atoms with E-state index in [1.807, 2.05) is 7.05 Å². The van der Waals surface area contributed by atoms with Crippen LogP contribution in [0.3, 0.4) is 0 Å². The Bertz CT molecular complexity index is 491. The minimum absolute atomic E-state index is 0.170. The summed E-state index contributed by atoms with van der Waals surface area (Å²) in [5.74, 6) is 0.827. The lowest BCUT2D eigenvalue weighted by molar-refractivity contribution is 0.0292. The van der Waals surface area contributed by atoms with Gasteiger partial charge in [0.2, 0.25) is 11.2 Å². The Morgan fingerprint density at radius 3 is 2.75 bits per heavy atom. The smallest absolute Gasteiger partial charge is 0.227 e. The fourth-order valence-corrected chi connectivity index (χ4v) is 2.70. The van der Waals surface area contributed by atoms with E-state index in [2.05, 4.69) is 4.90 Å². The number of rotatable bonds is 6. The zero-order valence-electron chi connectivity index (χ0n) is 12.2. The van der Waals surface area contributed by atoms with Crippen molar-refractivity contribution in [2.45, 2.75) is 44.2 Å². The Balaban J connectivity index is 1.86. The first-order valence-electron chi connectivity index (χ1n) is 7.09. The highest BCUT2D eigenvalue weighted by atomic mass is 16.5. The van der Waals surface area contributed by atoms with Crippen LogP contribution in [0.2, 0.25) is 0 Å². The summed E-state index contributed by atoms with van der Waals surface area (Å²) in [6.45, 7) is 1.33. The van der Waals surface area contributed by atoms with Crippen molar-refractivity contribution in [2.75, 3.05) is 20.7 Å². The maximum atomic E-state index is 11.6. The van der Waals surface area contributed by atoms with Crippen molar-refractivity contribution in [1.82, 2.24) is 4.90 Å². The molecule has 1 N–H and O–H groups in total. The van der Waals surface area contributed by atoms with E-state index in [-0.39, 0.29) is 11.2 Å². The maximum Gasteiger partial charge on any atom is 0.227 e. The zero-order valence-corrected chi connectivity index (χ0v) is 12.2. The molecule has 0 amide bonds. The lowest BCUT2D eigenvalue weighted by Gasteiger charge is -2.25. The number of aliphatic hydroxyl groups is 1. The van der Waals surface area contributed by atoms with Crippen molar-refractivity contribution in [2.24, 2.45) is 0 Å². The van der Waals surface area contributed by atoms with E-state index < -0.39 is 5.60 Å². The normalized spacial score (nSPS) is 17.6. The molecule has 2 rings (SSSR count). The van der Waals surface area contributed by atoms with Crippen LogP contribution in [0.4, 0.5) is 0 Å². The molecule has 0 bridgehead atoms. The molecule has 1 aromatic rings. The van der Waals surface area contributed by atoms with Crippen molar-refractivity contribution >= 4 is 0 Å². The van der Waals surface area contributed by atoms with Crippen LogP contribution >= 0.6 is 0 Å². The molecule has 20 heavy (non-hydrogen) atoms. The first-order chi connectivity index (χ1) is 9.52. The van der Waals surface area contributed by atoms with Crippen LogP contribution in [0.25, 0.3) is 0 Å². The highest BCUT2D eigenvalue weighted by molar-refractivity contribution is 5.17. The molecule has 0 aromatic carbocycles. The third-order valence-corrected chi connectivity index (χ3v) is 3.99. The Hall–Kier alpha value is -1.33. The standard InChI is InChI=1S/C15H23NO4/c1-16(8-7-15(18)5-3-4-6-15)10-12-9-13(17)14(19-2)11-20-12/h9,11,18H,3-8,10H2,1-2H3. The van der Waals surface area contributed by atoms with Crippen LogP contribution in [-0.4, -0.2) is 36.3 Å². The molecule has 5 nitrogen and oxygen atoms in total. The molecule has 0 spiro atoms. The predicted octanol–water partition coefficient (Wildman–Crippen LogP) is 1.78. The molecule has 1 aromatic heterocycles. The van der Waals surface area contributed by atoms with Crippen LogP contribution in [0.1, 0.15) is 37.9 Å². The van der Waals surface area contributed by atoms with E-state index in [1.54, 1.807) is 0 Å². The van der Waals surface area contributed by atoms with Crippen LogP contribution in [0.15, 0.2) is 21.5 Å². The monoisotopic (exact) mass is 281 g/mol. The van der Waals surface area contributed by atoms with Gasteiger partial charge in [-0.2, -0.15) is 0 Å². The SMILES string of the molecule is COc1coc(CN(C)CCC2(O)CCCC2)cc1=O. The Kier molecular flexibility index (Phi) is 4.83. The molecular weight excluding hydrogens is 258 g/mol. The fraction of sp³-hybridized carbons (Fsp3) is 0.667. The highest BCUT2D eigenvalue weighted by Crippen LogP contribution is 2.32. The van der Waals surface area contributed by atoms with E-state index in [1.165, 1.54) is 19.4 Å². The molecule has 1 aliphatic carbocycles. The number of methoxy groups -OCH3 is 1. The minimum Gasteiger partial charge on any atom is -0.490 e. The Morgan fingerprint density at radius 2 is 2.15 bits per heavy atom. The summed E-state index contributed by atoms with van der Waals surface area (Å²) in [7, 11) is 3.41. The molecule has 0 radical (unpaired) electrons. The van der Waals surface area contributed by atoms with Gasteiger partial charge in [0.25, 0.3) is 0 Å². The molecule has 0 unspecified atom stereocenters. The summed E-state index contributed by atoms with van der Waals surface area (Å²) in [6, 6.07) is 1.46. The summed E-state index contributed by atoms with van der Waals surface area (Å²) in [6.07, 6.45) is 6.15. The number of hydrogen-bond acceptors (Lipinski definition) is 5. The molecule has 0 saturated heterocycles. The van der Waals surface area contributed by atoms with Gasteiger partial charge < -0.3 is 14.3 Å². The van der Waals surface area contributed by atoms with E-state index >= 15 is 0 Å². The van der Waals surface area contributed by atoms with E-state index in [0.29, 0.717) is 12.3 Å². The molecule has 1 saturated carbocycles. The van der Waals surface area contributed by atoms with Gasteiger partial charge in [0.05, 0.1) is 19.3 Å². The second kappa shape index (κ2) is 6.41. The third kappa shape index (κ3) is 3.84. The Morgan fingerprint density at radius 1 is 1.45 bits per heavy atom. The number of hydrogen-bond donors (Lipinski definition) is 1. The van der Waals surface area contributed by atoms with Crippen molar-refractivity contribution in [1.29, 1.82) is 0 Å². The van der Waals surface area contributed by atoms with Crippen LogP contribution < -0.4 is 10.2 Å². The van der Waals surface area contributed by atoms with Gasteiger partial charge in [-0.25, -0.2) is 0 Å². The van der Waals surface area contributed by atoms with Crippen molar-refractivity contribution < 1.29 is 14.3 Å². The summed E-state index contributed by atoms with van der Waals surface area (Å²) in [5, 5.41) is 10.3. The van der Waals surface area contributed by atoms with Crippen LogP contribution in [-0.2, 0) is 6.54 Å². The molecule has 0 aliphatic heterocycles. The second-order valence-electron chi connectivity index (χ2n) is 5.70. The van der Waals surface area contributed by atoms with Crippen LogP contribution in [0, 0.1) is 0 Å². The van der Waals surface area contributed by atoms with Crippen molar-refractivity contribution in [3.8, 4) is 5.75 Å². The Labute approximate surface area is 119 Å². The summed E-state index contributed by atoms with van der Waals surface area (Å²) in [4.78, 5) is 13.7. The molecule has 0 atom stereocenters. The van der Waals surface area contributed by atoms with E-state index in [4.69, 9.17) is 9.15 Å². The lowest BCUT2D eigenvalue weighted by atomic mass is 9.98. The van der Waals surface area contributed by atoms with E-state index in [0.717, 1.165) is 38.6 Å². The average molecular weight is 281 g/mol. The molecule has 5 heteroatoms. The van der Waals surface area contributed by atoms with Gasteiger partial charge in [0.15, 0.2) is 0 Å². The minimum atomic E-state index is -0.491. The molecule has 1 heterocycles. The summed E-state index contributed by atoms with van der Waals surface area (Å²) in [5.41, 5.74) is -0.661. The fourth-order valence-electron chi connectivity index (χ4n) is 2.70. The zero-order chi connectivity index (χ0) is 14.6.